The minimum atomic E-state index is -0.128. The van der Waals surface area contributed by atoms with Gasteiger partial charge in [0.1, 0.15) is 10.6 Å². The van der Waals surface area contributed by atoms with Gasteiger partial charge in [0.25, 0.3) is 0 Å². The van der Waals surface area contributed by atoms with Gasteiger partial charge >= 0.3 is 0 Å². The van der Waals surface area contributed by atoms with Crippen molar-refractivity contribution < 1.29 is 4.39 Å². The van der Waals surface area contributed by atoms with E-state index in [1.54, 1.807) is 12.3 Å². The number of thiophene rings is 1. The van der Waals surface area contributed by atoms with Gasteiger partial charge in [0.15, 0.2) is 0 Å². The van der Waals surface area contributed by atoms with Crippen LogP contribution in [-0.4, -0.2) is 4.98 Å². The van der Waals surface area contributed by atoms with E-state index in [-0.39, 0.29) is 5.82 Å². The van der Waals surface area contributed by atoms with Gasteiger partial charge in [-0.3, -0.25) is 0 Å². The molecule has 0 aromatic carbocycles. The lowest BCUT2D eigenvalue weighted by molar-refractivity contribution is 0.644. The Balaban J connectivity index is 2.99. The molecule has 0 atom stereocenters. The molecule has 2 aromatic rings. The average Bonchev–Trinajstić information content (AvgIpc) is 2.35. The van der Waals surface area contributed by atoms with Gasteiger partial charge in [0.05, 0.1) is 0 Å². The highest BCUT2D eigenvalue weighted by atomic mass is 32.1. The third-order valence-electron chi connectivity index (χ3n) is 1.25. The topological polar surface area (TPSA) is 15.8 Å². The van der Waals surface area contributed by atoms with Gasteiger partial charge < -0.3 is 4.98 Å². The molecule has 9 heavy (non-hydrogen) atoms. The van der Waals surface area contributed by atoms with E-state index in [2.05, 4.69) is 4.98 Å². The van der Waals surface area contributed by atoms with E-state index in [1.807, 2.05) is 0 Å². The summed E-state index contributed by atoms with van der Waals surface area (Å²) in [6.07, 6.45) is 1.74. The highest BCUT2D eigenvalue weighted by Crippen LogP contribution is 2.22. The van der Waals surface area contributed by atoms with Crippen molar-refractivity contribution in [2.24, 2.45) is 0 Å². The minimum absolute atomic E-state index is 0.128. The molecule has 2 aromatic heterocycles. The monoisotopic (exact) mass is 141 g/mol. The van der Waals surface area contributed by atoms with E-state index in [1.165, 1.54) is 16.7 Å². The van der Waals surface area contributed by atoms with Crippen LogP contribution in [0.4, 0.5) is 4.39 Å². The normalized spacial score (nSPS) is 10.8. The Bertz CT molecular complexity index is 322. The van der Waals surface area contributed by atoms with Crippen molar-refractivity contribution in [3.05, 3.63) is 23.5 Å². The van der Waals surface area contributed by atoms with Crippen LogP contribution in [0.5, 0.6) is 0 Å². The number of hydrogen-bond acceptors (Lipinski definition) is 1. The van der Waals surface area contributed by atoms with Crippen LogP contribution in [0, 0.1) is 5.82 Å². The zero-order valence-electron chi connectivity index (χ0n) is 4.52. The predicted molar refractivity (Wildman–Crippen MR) is 36.1 cm³/mol. The van der Waals surface area contributed by atoms with Crippen LogP contribution in [-0.2, 0) is 0 Å². The van der Waals surface area contributed by atoms with Gasteiger partial charge in [-0.15, -0.1) is 11.3 Å². The number of aromatic amines is 1. The van der Waals surface area contributed by atoms with Gasteiger partial charge in [-0.1, -0.05) is 0 Å². The molecular weight excluding hydrogens is 137 g/mol. The van der Waals surface area contributed by atoms with Crippen LogP contribution in [0.1, 0.15) is 0 Å². The van der Waals surface area contributed by atoms with E-state index in [0.29, 0.717) is 5.39 Å². The average molecular weight is 141 g/mol. The molecule has 1 nitrogen and oxygen atoms in total. The summed E-state index contributed by atoms with van der Waals surface area (Å²) in [5, 5.41) is 2.20. The van der Waals surface area contributed by atoms with Gasteiger partial charge in [-0.05, 0) is 6.07 Å². The number of halogens is 1. The van der Waals surface area contributed by atoms with Gasteiger partial charge in [-0.25, -0.2) is 4.39 Å². The zero-order valence-corrected chi connectivity index (χ0v) is 5.33. The molecular formula is C6H4FNS. The first kappa shape index (κ1) is 4.99. The number of H-pyrrole nitrogens is 1. The fraction of sp³-hybridized carbons (Fsp3) is 0. The van der Waals surface area contributed by atoms with E-state index in [9.17, 15) is 4.39 Å². The molecule has 1 N–H and O–H groups in total. The summed E-state index contributed by atoms with van der Waals surface area (Å²) in [6, 6.07) is 1.74. The maximum absolute atomic E-state index is 12.6. The second-order valence-electron chi connectivity index (χ2n) is 1.80. The largest absolute Gasteiger partial charge is 0.353 e. The van der Waals surface area contributed by atoms with E-state index in [0.717, 1.165) is 4.83 Å². The summed E-state index contributed by atoms with van der Waals surface area (Å²) in [6.45, 7) is 0. The molecule has 0 saturated carbocycles. The zero-order chi connectivity index (χ0) is 6.27. The second kappa shape index (κ2) is 1.57. The Labute approximate surface area is 55.1 Å². The summed E-state index contributed by atoms with van der Waals surface area (Å²) < 4.78 is 12.6. The SMILES string of the molecule is Fc1csc2[nH]ccc12. The molecule has 3 heteroatoms. The van der Waals surface area contributed by atoms with Crippen molar-refractivity contribution in [2.45, 2.75) is 0 Å². The molecule has 0 fully saturated rings. The maximum Gasteiger partial charge on any atom is 0.143 e. The molecule has 0 aliphatic carbocycles. The van der Waals surface area contributed by atoms with Crippen molar-refractivity contribution in [1.29, 1.82) is 0 Å². The molecule has 2 rings (SSSR count). The quantitative estimate of drug-likeness (QED) is 0.579. The summed E-state index contributed by atoms with van der Waals surface area (Å²) in [7, 11) is 0. The molecule has 2 heterocycles. The fourth-order valence-corrected chi connectivity index (χ4v) is 1.59. The van der Waals surface area contributed by atoms with Crippen molar-refractivity contribution in [3.63, 3.8) is 0 Å². The number of aromatic nitrogens is 1. The van der Waals surface area contributed by atoms with Gasteiger partial charge in [0.2, 0.25) is 0 Å². The van der Waals surface area contributed by atoms with Crippen LogP contribution < -0.4 is 0 Å². The molecule has 0 bridgehead atoms. The summed E-state index contributed by atoms with van der Waals surface area (Å²) in [5.41, 5.74) is 0. The van der Waals surface area contributed by atoms with Crippen molar-refractivity contribution in [1.82, 2.24) is 4.98 Å². The summed E-state index contributed by atoms with van der Waals surface area (Å²) in [5.74, 6) is -0.128. The highest BCUT2D eigenvalue weighted by Gasteiger charge is 2.00. The van der Waals surface area contributed by atoms with Gasteiger partial charge in [0, 0.05) is 17.0 Å². The second-order valence-corrected chi connectivity index (χ2v) is 2.68. The molecule has 0 amide bonds. The van der Waals surface area contributed by atoms with Crippen molar-refractivity contribution in [3.8, 4) is 0 Å². The molecule has 0 spiro atoms. The first-order valence-corrected chi connectivity index (χ1v) is 3.46. The molecule has 0 unspecified atom stereocenters. The molecule has 0 aliphatic heterocycles. The van der Waals surface area contributed by atoms with Crippen LogP contribution in [0.2, 0.25) is 0 Å². The first-order valence-electron chi connectivity index (χ1n) is 2.58. The maximum atomic E-state index is 12.6. The fourth-order valence-electron chi connectivity index (χ4n) is 0.814. The lowest BCUT2D eigenvalue weighted by Gasteiger charge is -1.71. The Morgan fingerprint density at radius 1 is 1.56 bits per heavy atom. The Morgan fingerprint density at radius 2 is 2.44 bits per heavy atom. The number of rotatable bonds is 0. The third-order valence-corrected chi connectivity index (χ3v) is 2.14. The summed E-state index contributed by atoms with van der Waals surface area (Å²) in [4.78, 5) is 3.83. The third kappa shape index (κ3) is 0.580. The van der Waals surface area contributed by atoms with Crippen molar-refractivity contribution >= 4 is 21.6 Å². The molecule has 46 valence electrons. The molecule has 0 saturated heterocycles. The number of nitrogens with one attached hydrogen (secondary N) is 1. The molecule has 0 aliphatic rings. The lowest BCUT2D eigenvalue weighted by Crippen LogP contribution is -1.57. The Morgan fingerprint density at radius 3 is 3.22 bits per heavy atom. The van der Waals surface area contributed by atoms with Crippen LogP contribution >= 0.6 is 11.3 Å². The van der Waals surface area contributed by atoms with E-state index in [4.69, 9.17) is 0 Å². The van der Waals surface area contributed by atoms with E-state index >= 15 is 0 Å². The number of hydrogen-bond donors (Lipinski definition) is 1. The Kier molecular flexibility index (Phi) is 0.873. The molecule has 0 radical (unpaired) electrons. The smallest absolute Gasteiger partial charge is 0.143 e. The van der Waals surface area contributed by atoms with Gasteiger partial charge in [-0.2, -0.15) is 0 Å². The lowest BCUT2D eigenvalue weighted by atomic mass is 10.4. The predicted octanol–water partition coefficient (Wildman–Crippen LogP) is 2.37. The Hall–Kier alpha value is -0.830. The standard InChI is InChI=1S/C6H4FNS/c7-5-3-9-6-4(5)1-2-8-6/h1-3,8H. The van der Waals surface area contributed by atoms with Crippen LogP contribution in [0.3, 0.4) is 0 Å². The number of fused-ring (bicyclic) bond motifs is 1. The minimum Gasteiger partial charge on any atom is -0.353 e. The van der Waals surface area contributed by atoms with Crippen LogP contribution in [0.25, 0.3) is 10.2 Å². The first-order chi connectivity index (χ1) is 4.38. The highest BCUT2D eigenvalue weighted by molar-refractivity contribution is 7.16. The van der Waals surface area contributed by atoms with Crippen LogP contribution in [0.15, 0.2) is 17.6 Å². The van der Waals surface area contributed by atoms with Crippen molar-refractivity contribution in [2.75, 3.05) is 0 Å². The van der Waals surface area contributed by atoms with E-state index < -0.39 is 0 Å². The summed E-state index contributed by atoms with van der Waals surface area (Å²) >= 11 is 1.39.